The smallest absolute Gasteiger partial charge is 0.194 e. The molecule has 2 nitrogen and oxygen atoms in total. The summed E-state index contributed by atoms with van der Waals surface area (Å²) in [6, 6.07) is 1.69. The van der Waals surface area contributed by atoms with E-state index in [2.05, 4.69) is 10.6 Å². The summed E-state index contributed by atoms with van der Waals surface area (Å²) in [6.45, 7) is 2.60. The molecule has 0 amide bonds. The van der Waals surface area contributed by atoms with Crippen molar-refractivity contribution in [2.45, 2.75) is 13.3 Å². The predicted octanol–water partition coefficient (Wildman–Crippen LogP) is 2.80. The van der Waals surface area contributed by atoms with E-state index in [9.17, 15) is 13.2 Å². The van der Waals surface area contributed by atoms with E-state index >= 15 is 0 Å². The van der Waals surface area contributed by atoms with Crippen molar-refractivity contribution in [2.75, 3.05) is 11.9 Å². The number of hydrogen-bond donors (Lipinski definition) is 2. The molecule has 0 unspecified atom stereocenters. The molecule has 16 heavy (non-hydrogen) atoms. The fourth-order valence-electron chi connectivity index (χ4n) is 1.04. The lowest BCUT2D eigenvalue weighted by atomic mass is 10.3. The van der Waals surface area contributed by atoms with Gasteiger partial charge in [0.25, 0.3) is 0 Å². The molecule has 1 aromatic rings. The molecule has 0 fully saturated rings. The van der Waals surface area contributed by atoms with Gasteiger partial charge in [-0.25, -0.2) is 13.2 Å². The summed E-state index contributed by atoms with van der Waals surface area (Å²) >= 11 is 4.86. The Labute approximate surface area is 96.8 Å². The van der Waals surface area contributed by atoms with Gasteiger partial charge in [0.2, 0.25) is 0 Å². The van der Waals surface area contributed by atoms with Gasteiger partial charge in [0.05, 0.1) is 0 Å². The minimum absolute atomic E-state index is 0.0741. The Morgan fingerprint density at radius 2 is 1.81 bits per heavy atom. The number of anilines is 1. The van der Waals surface area contributed by atoms with Gasteiger partial charge in [0, 0.05) is 24.4 Å². The standard InChI is InChI=1S/C10H11F3N2S/c1-2-3-14-10(16)15-6-4-7(11)9(13)8(12)5-6/h4-5H,2-3H2,1H3,(H2,14,15,16). The second-order valence-electron chi connectivity index (χ2n) is 3.13. The van der Waals surface area contributed by atoms with Crippen molar-refractivity contribution in [3.8, 4) is 0 Å². The second-order valence-corrected chi connectivity index (χ2v) is 3.54. The zero-order chi connectivity index (χ0) is 12.1. The van der Waals surface area contributed by atoms with Crippen LogP contribution >= 0.6 is 12.2 Å². The third-order valence-electron chi connectivity index (χ3n) is 1.78. The van der Waals surface area contributed by atoms with Gasteiger partial charge in [0.15, 0.2) is 22.6 Å². The fraction of sp³-hybridized carbons (Fsp3) is 0.300. The van der Waals surface area contributed by atoms with E-state index in [1.165, 1.54) is 0 Å². The zero-order valence-electron chi connectivity index (χ0n) is 8.61. The minimum Gasteiger partial charge on any atom is -0.362 e. The lowest BCUT2D eigenvalue weighted by Gasteiger charge is -2.09. The zero-order valence-corrected chi connectivity index (χ0v) is 9.43. The molecule has 0 spiro atoms. The predicted molar refractivity (Wildman–Crippen MR) is 60.8 cm³/mol. The van der Waals surface area contributed by atoms with Crippen molar-refractivity contribution >= 4 is 23.0 Å². The summed E-state index contributed by atoms with van der Waals surface area (Å²) in [5.41, 5.74) is 0.0741. The van der Waals surface area contributed by atoms with E-state index in [0.717, 1.165) is 18.6 Å². The molecule has 0 atom stereocenters. The molecule has 88 valence electrons. The van der Waals surface area contributed by atoms with Gasteiger partial charge in [-0.05, 0) is 18.6 Å². The molecule has 6 heteroatoms. The lowest BCUT2D eigenvalue weighted by Crippen LogP contribution is -2.29. The molecule has 0 saturated carbocycles. The van der Waals surface area contributed by atoms with Crippen LogP contribution in [0, 0.1) is 17.5 Å². The van der Waals surface area contributed by atoms with E-state index in [1.807, 2.05) is 6.92 Å². The molecular formula is C10H11F3N2S. The van der Waals surface area contributed by atoms with Gasteiger partial charge in [-0.15, -0.1) is 0 Å². The summed E-state index contributed by atoms with van der Waals surface area (Å²) < 4.78 is 38.3. The third kappa shape index (κ3) is 3.37. The highest BCUT2D eigenvalue weighted by Crippen LogP contribution is 2.17. The van der Waals surface area contributed by atoms with E-state index < -0.39 is 17.5 Å². The first-order valence-electron chi connectivity index (χ1n) is 4.74. The van der Waals surface area contributed by atoms with E-state index in [1.54, 1.807) is 0 Å². The highest BCUT2D eigenvalue weighted by atomic mass is 32.1. The van der Waals surface area contributed by atoms with Crippen LogP contribution in [0.4, 0.5) is 18.9 Å². The first-order chi connectivity index (χ1) is 7.54. The molecule has 0 bridgehead atoms. The molecule has 0 aliphatic carbocycles. The number of halogens is 3. The topological polar surface area (TPSA) is 24.1 Å². The second kappa shape index (κ2) is 5.69. The maximum atomic E-state index is 12.8. The molecule has 0 saturated heterocycles. The Kier molecular flexibility index (Phi) is 4.54. The maximum Gasteiger partial charge on any atom is 0.194 e. The highest BCUT2D eigenvalue weighted by molar-refractivity contribution is 7.80. The number of benzene rings is 1. The van der Waals surface area contributed by atoms with Crippen LogP contribution < -0.4 is 10.6 Å². The Morgan fingerprint density at radius 1 is 1.25 bits per heavy atom. The summed E-state index contributed by atoms with van der Waals surface area (Å²) in [7, 11) is 0. The Balaban J connectivity index is 2.71. The van der Waals surface area contributed by atoms with Crippen molar-refractivity contribution in [1.29, 1.82) is 0 Å². The number of nitrogens with one attached hydrogen (secondary N) is 2. The lowest BCUT2D eigenvalue weighted by molar-refractivity contribution is 0.448. The van der Waals surface area contributed by atoms with Crippen LogP contribution in [-0.2, 0) is 0 Å². The minimum atomic E-state index is -1.49. The third-order valence-corrected chi connectivity index (χ3v) is 2.02. The van der Waals surface area contributed by atoms with E-state index in [0.29, 0.717) is 6.54 Å². The van der Waals surface area contributed by atoms with Crippen LogP contribution in [-0.4, -0.2) is 11.7 Å². The average molecular weight is 248 g/mol. The highest BCUT2D eigenvalue weighted by Gasteiger charge is 2.10. The quantitative estimate of drug-likeness (QED) is 0.635. The van der Waals surface area contributed by atoms with E-state index in [-0.39, 0.29) is 10.8 Å². The number of rotatable bonds is 3. The first kappa shape index (κ1) is 12.8. The number of hydrogen-bond acceptors (Lipinski definition) is 1. The maximum absolute atomic E-state index is 12.8. The first-order valence-corrected chi connectivity index (χ1v) is 5.14. The van der Waals surface area contributed by atoms with Gasteiger partial charge in [-0.2, -0.15) is 0 Å². The van der Waals surface area contributed by atoms with Gasteiger partial charge in [0.1, 0.15) is 0 Å². The van der Waals surface area contributed by atoms with Crippen molar-refractivity contribution in [2.24, 2.45) is 0 Å². The molecule has 1 aromatic carbocycles. The van der Waals surface area contributed by atoms with Crippen LogP contribution in [0.5, 0.6) is 0 Å². The molecule has 2 N–H and O–H groups in total. The summed E-state index contributed by atoms with van der Waals surface area (Å²) in [5.74, 6) is -3.99. The molecule has 0 heterocycles. The van der Waals surface area contributed by atoms with Crippen molar-refractivity contribution in [1.82, 2.24) is 5.32 Å². The molecule has 0 radical (unpaired) electrons. The summed E-state index contributed by atoms with van der Waals surface area (Å²) in [5, 5.41) is 5.62. The molecule has 0 aliphatic heterocycles. The van der Waals surface area contributed by atoms with Gasteiger partial charge >= 0.3 is 0 Å². The Morgan fingerprint density at radius 3 is 2.31 bits per heavy atom. The van der Waals surface area contributed by atoms with Crippen molar-refractivity contribution in [3.63, 3.8) is 0 Å². The van der Waals surface area contributed by atoms with Crippen LogP contribution in [0.15, 0.2) is 12.1 Å². The van der Waals surface area contributed by atoms with Crippen molar-refractivity contribution in [3.05, 3.63) is 29.6 Å². The molecule has 1 rings (SSSR count). The molecule has 0 aromatic heterocycles. The van der Waals surface area contributed by atoms with Crippen LogP contribution in [0.2, 0.25) is 0 Å². The van der Waals surface area contributed by atoms with Crippen LogP contribution in [0.1, 0.15) is 13.3 Å². The Hall–Kier alpha value is -1.30. The van der Waals surface area contributed by atoms with E-state index in [4.69, 9.17) is 12.2 Å². The largest absolute Gasteiger partial charge is 0.362 e. The fourth-order valence-corrected chi connectivity index (χ4v) is 1.26. The summed E-state index contributed by atoms with van der Waals surface area (Å²) in [6.07, 6.45) is 0.869. The molecular weight excluding hydrogens is 237 g/mol. The van der Waals surface area contributed by atoms with Crippen LogP contribution in [0.3, 0.4) is 0 Å². The molecule has 0 aliphatic rings. The van der Waals surface area contributed by atoms with Gasteiger partial charge < -0.3 is 10.6 Å². The van der Waals surface area contributed by atoms with Crippen LogP contribution in [0.25, 0.3) is 0 Å². The monoisotopic (exact) mass is 248 g/mol. The Bertz CT molecular complexity index is 373. The normalized spacial score (nSPS) is 10.0. The van der Waals surface area contributed by atoms with Gasteiger partial charge in [-0.1, -0.05) is 6.92 Å². The average Bonchev–Trinajstić information content (AvgIpc) is 2.23. The number of thiocarbonyl (C=S) groups is 1. The summed E-state index contributed by atoms with van der Waals surface area (Å²) in [4.78, 5) is 0. The SMILES string of the molecule is CCCNC(=S)Nc1cc(F)c(F)c(F)c1. The van der Waals surface area contributed by atoms with Crippen molar-refractivity contribution < 1.29 is 13.2 Å². The van der Waals surface area contributed by atoms with Gasteiger partial charge in [-0.3, -0.25) is 0 Å².